The Bertz CT molecular complexity index is 338. The average molecular weight is 323 g/mol. The molecule has 1 heterocycles. The quantitative estimate of drug-likeness (QED) is 0.815. The summed E-state index contributed by atoms with van der Waals surface area (Å²) >= 11 is 11.2. The zero-order valence-electron chi connectivity index (χ0n) is 9.38. The van der Waals surface area contributed by atoms with Crippen molar-refractivity contribution in [3.63, 3.8) is 0 Å². The third kappa shape index (κ3) is 2.81. The Balaban J connectivity index is 2.04. The molecule has 1 unspecified atom stereocenters. The van der Waals surface area contributed by atoms with E-state index in [-0.39, 0.29) is 6.04 Å². The van der Waals surface area contributed by atoms with Crippen molar-refractivity contribution in [1.82, 2.24) is 0 Å². The molecule has 0 aromatic carbocycles. The van der Waals surface area contributed by atoms with Crippen molar-refractivity contribution >= 4 is 38.9 Å². The predicted octanol–water partition coefficient (Wildman–Crippen LogP) is 4.99. The molecule has 16 heavy (non-hydrogen) atoms. The highest BCUT2D eigenvalue weighted by Gasteiger charge is 2.26. The van der Waals surface area contributed by atoms with Gasteiger partial charge in [0.1, 0.15) is 0 Å². The van der Waals surface area contributed by atoms with Crippen LogP contribution in [0.25, 0.3) is 0 Å². The van der Waals surface area contributed by atoms with Crippen LogP contribution in [0.4, 0.5) is 0 Å². The molecule has 0 bridgehead atoms. The fourth-order valence-corrected chi connectivity index (χ4v) is 4.25. The molecule has 0 radical (unpaired) electrons. The largest absolute Gasteiger partial charge is 0.323 e. The molecule has 0 aliphatic heterocycles. The van der Waals surface area contributed by atoms with Crippen LogP contribution in [0.1, 0.15) is 43.5 Å². The standard InChI is InChI=1S/C12H17BrClNS/c1-7-2-4-8(5-3-7)11(15)10-6-9(14)12(13)16-10/h6-8,11H,2-5,15H2,1H3. The lowest BCUT2D eigenvalue weighted by Gasteiger charge is -2.30. The van der Waals surface area contributed by atoms with Gasteiger partial charge in [0.05, 0.1) is 8.81 Å². The summed E-state index contributed by atoms with van der Waals surface area (Å²) in [6.07, 6.45) is 5.15. The maximum Gasteiger partial charge on any atom is 0.0887 e. The van der Waals surface area contributed by atoms with E-state index in [2.05, 4.69) is 22.9 Å². The maximum atomic E-state index is 6.33. The number of hydrogen-bond donors (Lipinski definition) is 1. The van der Waals surface area contributed by atoms with Crippen molar-refractivity contribution < 1.29 is 0 Å². The Hall–Kier alpha value is 0.430. The highest BCUT2D eigenvalue weighted by molar-refractivity contribution is 9.11. The monoisotopic (exact) mass is 321 g/mol. The van der Waals surface area contributed by atoms with Crippen molar-refractivity contribution in [2.45, 2.75) is 38.6 Å². The first-order chi connectivity index (χ1) is 7.58. The lowest BCUT2D eigenvalue weighted by atomic mass is 9.79. The van der Waals surface area contributed by atoms with E-state index >= 15 is 0 Å². The SMILES string of the molecule is CC1CCC(C(N)c2cc(Cl)c(Br)s2)CC1. The van der Waals surface area contributed by atoms with E-state index in [4.69, 9.17) is 17.3 Å². The molecule has 1 saturated carbocycles. The molecular weight excluding hydrogens is 306 g/mol. The van der Waals surface area contributed by atoms with E-state index in [1.807, 2.05) is 6.07 Å². The summed E-state index contributed by atoms with van der Waals surface area (Å²) in [6.45, 7) is 2.33. The summed E-state index contributed by atoms with van der Waals surface area (Å²) in [5.41, 5.74) is 6.33. The van der Waals surface area contributed by atoms with E-state index in [9.17, 15) is 0 Å². The van der Waals surface area contributed by atoms with Crippen LogP contribution in [-0.4, -0.2) is 0 Å². The van der Waals surface area contributed by atoms with Gasteiger partial charge in [0.15, 0.2) is 0 Å². The molecule has 0 amide bonds. The van der Waals surface area contributed by atoms with Crippen molar-refractivity contribution in [3.05, 3.63) is 19.8 Å². The third-order valence-corrected chi connectivity index (χ3v) is 6.14. The Morgan fingerprint density at radius 2 is 2.06 bits per heavy atom. The zero-order valence-corrected chi connectivity index (χ0v) is 12.5. The van der Waals surface area contributed by atoms with E-state index in [1.165, 1.54) is 30.6 Å². The van der Waals surface area contributed by atoms with Crippen LogP contribution >= 0.6 is 38.9 Å². The molecule has 1 aliphatic carbocycles. The number of thiophene rings is 1. The fourth-order valence-electron chi connectivity index (χ4n) is 2.40. The van der Waals surface area contributed by atoms with E-state index < -0.39 is 0 Å². The summed E-state index contributed by atoms with van der Waals surface area (Å²) in [4.78, 5) is 1.22. The van der Waals surface area contributed by atoms with Gasteiger partial charge in [-0.1, -0.05) is 31.4 Å². The zero-order chi connectivity index (χ0) is 11.7. The second kappa shape index (κ2) is 5.38. The molecule has 0 spiro atoms. The molecule has 1 atom stereocenters. The van der Waals surface area contributed by atoms with Gasteiger partial charge < -0.3 is 5.73 Å². The normalized spacial score (nSPS) is 28.0. The summed E-state index contributed by atoms with van der Waals surface area (Å²) in [5, 5.41) is 0.791. The van der Waals surface area contributed by atoms with Gasteiger partial charge in [-0.25, -0.2) is 0 Å². The van der Waals surface area contributed by atoms with Crippen molar-refractivity contribution in [2.75, 3.05) is 0 Å². The number of halogens is 2. The minimum absolute atomic E-state index is 0.168. The van der Waals surface area contributed by atoms with Gasteiger partial charge in [-0.2, -0.15) is 0 Å². The Kier molecular flexibility index (Phi) is 4.33. The molecule has 1 fully saturated rings. The smallest absolute Gasteiger partial charge is 0.0887 e. The molecule has 1 nitrogen and oxygen atoms in total. The summed E-state index contributed by atoms with van der Waals surface area (Å²) in [5.74, 6) is 1.51. The lowest BCUT2D eigenvalue weighted by Crippen LogP contribution is -2.24. The van der Waals surface area contributed by atoms with Gasteiger partial charge in [0.2, 0.25) is 0 Å². The van der Waals surface area contributed by atoms with Gasteiger partial charge in [-0.3, -0.25) is 0 Å². The molecule has 0 saturated heterocycles. The van der Waals surface area contributed by atoms with Crippen LogP contribution < -0.4 is 5.73 Å². The van der Waals surface area contributed by atoms with Crippen molar-refractivity contribution in [3.8, 4) is 0 Å². The Morgan fingerprint density at radius 1 is 1.44 bits per heavy atom. The summed E-state index contributed by atoms with van der Waals surface area (Å²) in [7, 11) is 0. The second-order valence-corrected chi connectivity index (χ2v) is 7.63. The van der Waals surface area contributed by atoms with Gasteiger partial charge in [0.25, 0.3) is 0 Å². The van der Waals surface area contributed by atoms with Crippen LogP contribution in [0.15, 0.2) is 9.85 Å². The van der Waals surface area contributed by atoms with Gasteiger partial charge in [-0.05, 0) is 46.7 Å². The molecular formula is C12H17BrClNS. The lowest BCUT2D eigenvalue weighted by molar-refractivity contribution is 0.258. The molecule has 2 rings (SSSR count). The minimum atomic E-state index is 0.168. The summed E-state index contributed by atoms with van der Waals surface area (Å²) < 4.78 is 1.00. The van der Waals surface area contributed by atoms with Crippen molar-refractivity contribution in [2.24, 2.45) is 17.6 Å². The summed E-state index contributed by atoms with van der Waals surface area (Å²) in [6, 6.07) is 2.18. The minimum Gasteiger partial charge on any atom is -0.323 e. The molecule has 1 aromatic heterocycles. The third-order valence-electron chi connectivity index (χ3n) is 3.56. The van der Waals surface area contributed by atoms with E-state index in [0.29, 0.717) is 5.92 Å². The topological polar surface area (TPSA) is 26.0 Å². The Morgan fingerprint density at radius 3 is 2.56 bits per heavy atom. The molecule has 1 aromatic rings. The maximum absolute atomic E-state index is 6.33. The predicted molar refractivity (Wildman–Crippen MR) is 75.1 cm³/mol. The van der Waals surface area contributed by atoms with Gasteiger partial charge >= 0.3 is 0 Å². The molecule has 1 aliphatic rings. The molecule has 2 N–H and O–H groups in total. The van der Waals surface area contributed by atoms with Gasteiger partial charge in [-0.15, -0.1) is 11.3 Å². The first-order valence-corrected chi connectivity index (χ1v) is 7.77. The van der Waals surface area contributed by atoms with Crippen LogP contribution in [0, 0.1) is 11.8 Å². The highest BCUT2D eigenvalue weighted by Crippen LogP contribution is 2.41. The first-order valence-electron chi connectivity index (χ1n) is 5.78. The number of nitrogens with two attached hydrogens (primary N) is 1. The Labute approximate surface area is 114 Å². The second-order valence-electron chi connectivity index (χ2n) is 4.82. The number of hydrogen-bond acceptors (Lipinski definition) is 2. The first kappa shape index (κ1) is 12.9. The molecule has 4 heteroatoms. The number of rotatable bonds is 2. The van der Waals surface area contributed by atoms with Crippen molar-refractivity contribution in [1.29, 1.82) is 0 Å². The van der Waals surface area contributed by atoms with Crippen LogP contribution in [0.3, 0.4) is 0 Å². The molecule has 90 valence electrons. The van der Waals surface area contributed by atoms with E-state index in [0.717, 1.165) is 14.7 Å². The van der Waals surface area contributed by atoms with Crippen LogP contribution in [0.2, 0.25) is 5.02 Å². The van der Waals surface area contributed by atoms with Crippen LogP contribution in [0.5, 0.6) is 0 Å². The fraction of sp³-hybridized carbons (Fsp3) is 0.667. The van der Waals surface area contributed by atoms with Crippen LogP contribution in [-0.2, 0) is 0 Å². The average Bonchev–Trinajstić information content (AvgIpc) is 2.59. The van der Waals surface area contributed by atoms with E-state index in [1.54, 1.807) is 11.3 Å². The van der Waals surface area contributed by atoms with Gasteiger partial charge in [0, 0.05) is 10.9 Å². The highest BCUT2D eigenvalue weighted by atomic mass is 79.9.